The van der Waals surface area contributed by atoms with Gasteiger partial charge in [0, 0.05) is 38.6 Å². The molecule has 0 aliphatic carbocycles. The lowest BCUT2D eigenvalue weighted by atomic mass is 10.0. The van der Waals surface area contributed by atoms with Gasteiger partial charge in [-0.2, -0.15) is 0 Å². The third kappa shape index (κ3) is 14.0. The number of carbonyl (C=O) groups is 5. The molecule has 0 unspecified atom stereocenters. The number of hydrogen-bond donors (Lipinski definition) is 5. The van der Waals surface area contributed by atoms with Crippen molar-refractivity contribution in [2.45, 2.75) is 57.0 Å². The van der Waals surface area contributed by atoms with Crippen molar-refractivity contribution >= 4 is 35.6 Å². The maximum Gasteiger partial charge on any atom is 0.246 e. The van der Waals surface area contributed by atoms with E-state index in [1.165, 1.54) is 6.08 Å². The zero-order valence-corrected chi connectivity index (χ0v) is 29.6. The number of nitrogens with zero attached hydrogens (tertiary/aromatic N) is 1. The highest BCUT2D eigenvalue weighted by Crippen LogP contribution is 2.14. The van der Waals surface area contributed by atoms with Crippen LogP contribution >= 0.6 is 0 Å². The van der Waals surface area contributed by atoms with Crippen LogP contribution in [0.1, 0.15) is 48.8 Å². The molecule has 0 saturated carbocycles. The zero-order valence-electron chi connectivity index (χ0n) is 29.6. The van der Waals surface area contributed by atoms with E-state index in [0.29, 0.717) is 50.1 Å². The van der Waals surface area contributed by atoms with Gasteiger partial charge in [0.05, 0.1) is 13.0 Å². The molecule has 1 heterocycles. The van der Waals surface area contributed by atoms with E-state index >= 15 is 0 Å². The van der Waals surface area contributed by atoms with Crippen molar-refractivity contribution in [2.75, 3.05) is 39.3 Å². The molecule has 2 atom stereocenters. The Kier molecular flexibility index (Phi) is 16.4. The summed E-state index contributed by atoms with van der Waals surface area (Å²) in [7, 11) is 0. The maximum atomic E-state index is 13.8. The van der Waals surface area contributed by atoms with Gasteiger partial charge in [-0.15, -0.1) is 0 Å². The number of unbranched alkanes of at least 4 members (excludes halogenated alkanes) is 1. The van der Waals surface area contributed by atoms with E-state index in [4.69, 9.17) is 10.5 Å². The maximum absolute atomic E-state index is 13.8. The summed E-state index contributed by atoms with van der Waals surface area (Å²) in [5.74, 6) is -1.14. The molecule has 0 spiro atoms. The minimum absolute atomic E-state index is 0.0122. The molecule has 0 aromatic heterocycles. The predicted molar refractivity (Wildman–Crippen MR) is 200 cm³/mol. The molecule has 52 heavy (non-hydrogen) atoms. The summed E-state index contributed by atoms with van der Waals surface area (Å²) >= 11 is 0. The summed E-state index contributed by atoms with van der Waals surface area (Å²) in [6.07, 6.45) is 5.65. The third-order valence-electron chi connectivity index (χ3n) is 8.51. The Balaban J connectivity index is 1.55. The lowest BCUT2D eigenvalue weighted by Crippen LogP contribution is -2.55. The van der Waals surface area contributed by atoms with E-state index in [-0.39, 0.29) is 63.2 Å². The molecule has 276 valence electrons. The second kappa shape index (κ2) is 21.7. The molecule has 1 aliphatic heterocycles. The number of nitrogens with two attached hydrogens (primary N) is 1. The van der Waals surface area contributed by atoms with Gasteiger partial charge in [-0.25, -0.2) is 0 Å². The number of hydrogen-bond acceptors (Lipinski definition) is 7. The number of rotatable bonds is 8. The van der Waals surface area contributed by atoms with Crippen LogP contribution in [0.2, 0.25) is 0 Å². The predicted octanol–water partition coefficient (Wildman–Crippen LogP) is 2.52. The van der Waals surface area contributed by atoms with Crippen LogP contribution < -0.4 is 31.7 Å². The van der Waals surface area contributed by atoms with Crippen molar-refractivity contribution < 1.29 is 28.7 Å². The average molecular weight is 711 g/mol. The topological polar surface area (TPSA) is 172 Å². The number of fused-ring (bicyclic) bond motifs is 2. The quantitative estimate of drug-likeness (QED) is 0.177. The van der Waals surface area contributed by atoms with E-state index in [0.717, 1.165) is 11.1 Å². The fourth-order valence-electron chi connectivity index (χ4n) is 5.75. The van der Waals surface area contributed by atoms with E-state index in [1.54, 1.807) is 35.2 Å². The van der Waals surface area contributed by atoms with Crippen LogP contribution in [0.25, 0.3) is 6.08 Å². The Labute approximate surface area is 305 Å². The number of benzene rings is 3. The molecule has 12 heteroatoms. The van der Waals surface area contributed by atoms with Crippen molar-refractivity contribution in [1.82, 2.24) is 26.2 Å². The minimum atomic E-state index is -0.954. The second-order valence-corrected chi connectivity index (χ2v) is 12.6. The van der Waals surface area contributed by atoms with Gasteiger partial charge in [-0.3, -0.25) is 24.0 Å². The molecule has 0 radical (unpaired) electrons. The Morgan fingerprint density at radius 1 is 0.808 bits per heavy atom. The highest BCUT2D eigenvalue weighted by molar-refractivity contribution is 5.93. The lowest BCUT2D eigenvalue weighted by molar-refractivity contribution is -0.132. The van der Waals surface area contributed by atoms with Crippen molar-refractivity contribution in [3.63, 3.8) is 0 Å². The van der Waals surface area contributed by atoms with Crippen LogP contribution in [0.3, 0.4) is 0 Å². The molecule has 1 aliphatic rings. The number of amides is 5. The molecule has 6 N–H and O–H groups in total. The molecule has 3 aromatic carbocycles. The summed E-state index contributed by atoms with van der Waals surface area (Å²) < 4.78 is 5.82. The van der Waals surface area contributed by atoms with Gasteiger partial charge in [0.15, 0.2) is 0 Å². The Bertz CT molecular complexity index is 1630. The van der Waals surface area contributed by atoms with Crippen molar-refractivity contribution in [3.8, 4) is 5.75 Å². The van der Waals surface area contributed by atoms with Crippen LogP contribution in [0.4, 0.5) is 0 Å². The highest BCUT2D eigenvalue weighted by atomic mass is 16.5. The molecule has 5 amide bonds. The fourth-order valence-corrected chi connectivity index (χ4v) is 5.75. The summed E-state index contributed by atoms with van der Waals surface area (Å²) in [5, 5.41) is 11.5. The molecule has 2 bridgehead atoms. The SMILES string of the molecule is NCCCC[C@@H]1NC(=O)Cc2cccc(c2)OCCNC(=O)CCCN(C(=O)/C=C/c2ccccc2)CCNC(=O)[C@@H](Cc2ccccc2)NC1=O. The third-order valence-corrected chi connectivity index (χ3v) is 8.51. The largest absolute Gasteiger partial charge is 0.492 e. The molecular weight excluding hydrogens is 660 g/mol. The molecule has 0 saturated heterocycles. The van der Waals surface area contributed by atoms with Gasteiger partial charge < -0.3 is 36.6 Å². The Hall–Kier alpha value is -5.49. The van der Waals surface area contributed by atoms with E-state index < -0.39 is 23.9 Å². The fraction of sp³-hybridized carbons (Fsp3) is 0.375. The second-order valence-electron chi connectivity index (χ2n) is 12.6. The first kappa shape index (κ1) is 39.3. The zero-order chi connectivity index (χ0) is 37.0. The van der Waals surface area contributed by atoms with Crippen LogP contribution in [-0.2, 0) is 36.8 Å². The number of ether oxygens (including phenoxy) is 1. The van der Waals surface area contributed by atoms with Crippen molar-refractivity contribution in [1.29, 1.82) is 0 Å². The van der Waals surface area contributed by atoms with Crippen LogP contribution in [0, 0.1) is 0 Å². The average Bonchev–Trinajstić information content (AvgIpc) is 3.15. The molecule has 12 nitrogen and oxygen atoms in total. The number of nitrogens with one attached hydrogen (secondary N) is 4. The molecule has 0 fully saturated rings. The van der Waals surface area contributed by atoms with Gasteiger partial charge in [0.1, 0.15) is 24.4 Å². The van der Waals surface area contributed by atoms with Crippen LogP contribution in [0.15, 0.2) is 91.0 Å². The van der Waals surface area contributed by atoms with Gasteiger partial charge in [0.2, 0.25) is 29.5 Å². The van der Waals surface area contributed by atoms with E-state index in [2.05, 4.69) is 21.3 Å². The van der Waals surface area contributed by atoms with E-state index in [1.807, 2.05) is 60.7 Å². The van der Waals surface area contributed by atoms with E-state index in [9.17, 15) is 24.0 Å². The van der Waals surface area contributed by atoms with Crippen LogP contribution in [-0.4, -0.2) is 85.9 Å². The first-order chi connectivity index (χ1) is 25.3. The molecular formula is C40H50N6O6. The van der Waals surface area contributed by atoms with Gasteiger partial charge in [-0.05, 0) is 67.1 Å². The smallest absolute Gasteiger partial charge is 0.246 e. The van der Waals surface area contributed by atoms with Crippen molar-refractivity contribution in [2.24, 2.45) is 5.73 Å². The number of carbonyl (C=O) groups excluding carboxylic acids is 5. The van der Waals surface area contributed by atoms with Gasteiger partial charge in [0.25, 0.3) is 0 Å². The summed E-state index contributed by atoms with van der Waals surface area (Å²) in [6, 6.07) is 24.0. The minimum Gasteiger partial charge on any atom is -0.492 e. The van der Waals surface area contributed by atoms with Gasteiger partial charge in [-0.1, -0.05) is 72.8 Å². The lowest BCUT2D eigenvalue weighted by Gasteiger charge is -2.25. The van der Waals surface area contributed by atoms with Crippen molar-refractivity contribution in [3.05, 3.63) is 108 Å². The normalized spacial score (nSPS) is 18.8. The first-order valence-corrected chi connectivity index (χ1v) is 17.9. The van der Waals surface area contributed by atoms with Gasteiger partial charge >= 0.3 is 0 Å². The Morgan fingerprint density at radius 3 is 2.35 bits per heavy atom. The monoisotopic (exact) mass is 710 g/mol. The molecule has 4 rings (SSSR count). The summed E-state index contributed by atoms with van der Waals surface area (Å²) in [6.45, 7) is 1.54. The van der Waals surface area contributed by atoms with Crippen LogP contribution in [0.5, 0.6) is 5.75 Å². The Morgan fingerprint density at radius 2 is 1.58 bits per heavy atom. The molecule has 3 aromatic rings. The highest BCUT2D eigenvalue weighted by Gasteiger charge is 2.27. The summed E-state index contributed by atoms with van der Waals surface area (Å²) in [4.78, 5) is 68.2. The summed E-state index contributed by atoms with van der Waals surface area (Å²) in [5.41, 5.74) is 8.11. The first-order valence-electron chi connectivity index (χ1n) is 17.9. The standard InChI is InChI=1S/C40H50N6O6/c41-21-8-7-17-34-40(51)45-35(28-31-13-5-2-6-14-31)39(50)43-22-25-46(38(49)20-19-30-11-3-1-4-12-30)24-10-18-36(47)42-23-26-52-33-16-9-15-32(27-33)29-37(48)44-34/h1-6,9,11-16,19-20,27,34-35H,7-8,10,17-18,21-26,28-29,41H2,(H,42,47)(H,43,50)(H,44,48)(H,45,51)/b20-19+/t34-,35+/m0/s1.